The minimum absolute atomic E-state index is 0.0595. The summed E-state index contributed by atoms with van der Waals surface area (Å²) in [6, 6.07) is -0.0595. The van der Waals surface area contributed by atoms with Crippen molar-refractivity contribution in [2.45, 2.75) is 58.5 Å². The number of fused-ring (bicyclic) bond motifs is 1. The number of nitrogens with zero attached hydrogens (tertiary/aromatic N) is 5. The van der Waals surface area contributed by atoms with E-state index in [0.29, 0.717) is 36.4 Å². The lowest BCUT2D eigenvalue weighted by molar-refractivity contribution is 0.0545. The summed E-state index contributed by atoms with van der Waals surface area (Å²) in [6.07, 6.45) is 4.55. The van der Waals surface area contributed by atoms with E-state index in [1.807, 2.05) is 9.58 Å². The Bertz CT molecular complexity index is 759. The molecule has 0 radical (unpaired) electrons. The van der Waals surface area contributed by atoms with Gasteiger partial charge in [0.2, 0.25) is 5.76 Å². The van der Waals surface area contributed by atoms with Crippen LogP contribution in [0.5, 0.6) is 0 Å². The molecule has 1 amide bonds. The molecule has 24 heavy (non-hydrogen) atoms. The fourth-order valence-corrected chi connectivity index (χ4v) is 3.36. The number of aromatic nitrogens is 4. The Hall–Kier alpha value is -2.18. The molecular formula is C17H23N5O2. The van der Waals surface area contributed by atoms with Gasteiger partial charge in [0.1, 0.15) is 5.82 Å². The molecule has 1 aliphatic heterocycles. The van der Waals surface area contributed by atoms with Crippen LogP contribution in [0.15, 0.2) is 10.8 Å². The lowest BCUT2D eigenvalue weighted by Crippen LogP contribution is -2.43. The molecule has 7 heteroatoms. The Kier molecular flexibility index (Phi) is 3.66. The van der Waals surface area contributed by atoms with Gasteiger partial charge in [-0.25, -0.2) is 14.6 Å². The van der Waals surface area contributed by atoms with Gasteiger partial charge in [0, 0.05) is 12.5 Å². The standard InChI is InChI=1S/C17H23N5O2/c1-10(2)8-13-16-19-15(12-4-5-12)20-22(16)7-6-21(13)17(23)14-11(3)18-9-24-14/h9-10,12-13H,4-8H2,1-3H3/t13-/m0/s1. The Balaban J connectivity index is 1.68. The van der Waals surface area contributed by atoms with Crippen LogP contribution in [-0.2, 0) is 6.54 Å². The van der Waals surface area contributed by atoms with E-state index >= 15 is 0 Å². The van der Waals surface area contributed by atoms with Crippen molar-refractivity contribution < 1.29 is 9.21 Å². The third kappa shape index (κ3) is 2.61. The van der Waals surface area contributed by atoms with Gasteiger partial charge in [-0.15, -0.1) is 0 Å². The maximum atomic E-state index is 13.0. The third-order valence-corrected chi connectivity index (χ3v) is 4.78. The van der Waals surface area contributed by atoms with E-state index < -0.39 is 0 Å². The zero-order chi connectivity index (χ0) is 16.8. The Morgan fingerprint density at radius 3 is 2.79 bits per heavy atom. The second-order valence-corrected chi connectivity index (χ2v) is 7.24. The number of carbonyl (C=O) groups excluding carboxylic acids is 1. The fraction of sp³-hybridized carbons (Fsp3) is 0.647. The summed E-state index contributed by atoms with van der Waals surface area (Å²) in [5.41, 5.74) is 0.633. The minimum atomic E-state index is -0.0992. The van der Waals surface area contributed by atoms with Crippen molar-refractivity contribution in [3.05, 3.63) is 29.5 Å². The first-order valence-corrected chi connectivity index (χ1v) is 8.70. The summed E-state index contributed by atoms with van der Waals surface area (Å²) in [7, 11) is 0. The summed E-state index contributed by atoms with van der Waals surface area (Å²) >= 11 is 0. The first-order chi connectivity index (χ1) is 11.5. The summed E-state index contributed by atoms with van der Waals surface area (Å²) in [5.74, 6) is 3.07. The second-order valence-electron chi connectivity index (χ2n) is 7.24. The van der Waals surface area contributed by atoms with Gasteiger partial charge in [0.15, 0.2) is 12.2 Å². The monoisotopic (exact) mass is 329 g/mol. The van der Waals surface area contributed by atoms with Crippen molar-refractivity contribution in [1.29, 1.82) is 0 Å². The van der Waals surface area contributed by atoms with Crippen LogP contribution in [-0.4, -0.2) is 37.1 Å². The number of hydrogen-bond donors (Lipinski definition) is 0. The Morgan fingerprint density at radius 1 is 1.38 bits per heavy atom. The second kappa shape index (κ2) is 5.72. The zero-order valence-electron chi connectivity index (χ0n) is 14.4. The predicted octanol–water partition coefficient (Wildman–Crippen LogP) is 2.70. The van der Waals surface area contributed by atoms with E-state index in [2.05, 4.69) is 23.9 Å². The summed E-state index contributed by atoms with van der Waals surface area (Å²) < 4.78 is 7.33. The van der Waals surface area contributed by atoms with Crippen molar-refractivity contribution in [2.75, 3.05) is 6.54 Å². The molecule has 0 aromatic carbocycles. The van der Waals surface area contributed by atoms with Crippen LogP contribution in [0.3, 0.4) is 0 Å². The SMILES string of the molecule is Cc1ncoc1C(=O)N1CCn2nc(C3CC3)nc2[C@@H]1CC(C)C. The third-order valence-electron chi connectivity index (χ3n) is 4.78. The average Bonchev–Trinajstić information content (AvgIpc) is 3.15. The number of carbonyl (C=O) groups is 1. The van der Waals surface area contributed by atoms with Crippen LogP contribution in [0.25, 0.3) is 0 Å². The molecule has 128 valence electrons. The van der Waals surface area contributed by atoms with Gasteiger partial charge in [0.05, 0.1) is 18.3 Å². The lowest BCUT2D eigenvalue weighted by Gasteiger charge is -2.35. The smallest absolute Gasteiger partial charge is 0.292 e. The van der Waals surface area contributed by atoms with Gasteiger partial charge in [0.25, 0.3) is 5.91 Å². The van der Waals surface area contributed by atoms with Gasteiger partial charge in [-0.05, 0) is 32.1 Å². The van der Waals surface area contributed by atoms with E-state index in [-0.39, 0.29) is 11.9 Å². The maximum Gasteiger partial charge on any atom is 0.292 e. The van der Waals surface area contributed by atoms with E-state index in [1.54, 1.807) is 6.92 Å². The number of oxazole rings is 1. The molecule has 4 rings (SSSR count). The Morgan fingerprint density at radius 2 is 2.17 bits per heavy atom. The van der Waals surface area contributed by atoms with E-state index in [9.17, 15) is 4.79 Å². The molecule has 3 heterocycles. The molecule has 2 aromatic heterocycles. The molecule has 1 atom stereocenters. The molecular weight excluding hydrogens is 306 g/mol. The molecule has 1 aliphatic carbocycles. The first kappa shape index (κ1) is 15.4. The molecule has 0 saturated heterocycles. The van der Waals surface area contributed by atoms with Crippen molar-refractivity contribution in [3.8, 4) is 0 Å². The highest BCUT2D eigenvalue weighted by molar-refractivity contribution is 5.92. The molecule has 0 unspecified atom stereocenters. The van der Waals surface area contributed by atoms with E-state index in [1.165, 1.54) is 19.2 Å². The van der Waals surface area contributed by atoms with Gasteiger partial charge < -0.3 is 9.32 Å². The quantitative estimate of drug-likeness (QED) is 0.862. The highest BCUT2D eigenvalue weighted by atomic mass is 16.3. The fourth-order valence-electron chi connectivity index (χ4n) is 3.36. The van der Waals surface area contributed by atoms with Crippen LogP contribution >= 0.6 is 0 Å². The first-order valence-electron chi connectivity index (χ1n) is 8.70. The van der Waals surface area contributed by atoms with Gasteiger partial charge >= 0.3 is 0 Å². The molecule has 7 nitrogen and oxygen atoms in total. The molecule has 2 aromatic rings. The number of amides is 1. The Labute approximate surface area is 141 Å². The van der Waals surface area contributed by atoms with Crippen molar-refractivity contribution in [1.82, 2.24) is 24.6 Å². The van der Waals surface area contributed by atoms with Crippen LogP contribution in [0.2, 0.25) is 0 Å². The van der Waals surface area contributed by atoms with Crippen molar-refractivity contribution >= 4 is 5.91 Å². The summed E-state index contributed by atoms with van der Waals surface area (Å²) in [6.45, 7) is 7.43. The number of rotatable bonds is 4. The van der Waals surface area contributed by atoms with E-state index in [0.717, 1.165) is 18.1 Å². The minimum Gasteiger partial charge on any atom is -0.438 e. The molecule has 0 bridgehead atoms. The largest absolute Gasteiger partial charge is 0.438 e. The molecule has 0 N–H and O–H groups in total. The summed E-state index contributed by atoms with van der Waals surface area (Å²) in [4.78, 5) is 23.7. The average molecular weight is 329 g/mol. The van der Waals surface area contributed by atoms with Gasteiger partial charge in [-0.2, -0.15) is 5.10 Å². The maximum absolute atomic E-state index is 13.0. The summed E-state index contributed by atoms with van der Waals surface area (Å²) in [5, 5.41) is 4.68. The highest BCUT2D eigenvalue weighted by Gasteiger charge is 2.38. The van der Waals surface area contributed by atoms with Crippen LogP contribution in [0, 0.1) is 12.8 Å². The highest BCUT2D eigenvalue weighted by Crippen LogP contribution is 2.40. The van der Waals surface area contributed by atoms with Crippen molar-refractivity contribution in [3.63, 3.8) is 0 Å². The molecule has 1 fully saturated rings. The van der Waals surface area contributed by atoms with Crippen molar-refractivity contribution in [2.24, 2.45) is 5.92 Å². The zero-order valence-corrected chi connectivity index (χ0v) is 14.4. The van der Waals surface area contributed by atoms with Crippen LogP contribution in [0.4, 0.5) is 0 Å². The van der Waals surface area contributed by atoms with Crippen LogP contribution in [0.1, 0.15) is 73.0 Å². The van der Waals surface area contributed by atoms with E-state index in [4.69, 9.17) is 9.40 Å². The topological polar surface area (TPSA) is 77.0 Å². The number of hydrogen-bond acceptors (Lipinski definition) is 5. The van der Waals surface area contributed by atoms with Gasteiger partial charge in [-0.3, -0.25) is 4.79 Å². The van der Waals surface area contributed by atoms with Crippen LogP contribution < -0.4 is 0 Å². The van der Waals surface area contributed by atoms with Gasteiger partial charge in [-0.1, -0.05) is 13.8 Å². The number of aryl methyl sites for hydroxylation is 1. The molecule has 2 aliphatic rings. The predicted molar refractivity (Wildman–Crippen MR) is 86.5 cm³/mol. The molecule has 0 spiro atoms. The lowest BCUT2D eigenvalue weighted by atomic mass is 10.00. The normalized spacial score (nSPS) is 20.5. The molecule has 1 saturated carbocycles.